The van der Waals surface area contributed by atoms with Crippen molar-refractivity contribution < 1.29 is 4.79 Å². The molecule has 1 aromatic heterocycles. The Balaban J connectivity index is 2.75. The van der Waals surface area contributed by atoms with Crippen LogP contribution in [0.4, 0.5) is 0 Å². The number of carbonyl (C=O) groups is 1. The molecule has 0 radical (unpaired) electrons. The van der Waals surface area contributed by atoms with Gasteiger partial charge < -0.3 is 5.73 Å². The number of ketones is 1. The number of terminal acetylenes is 1. The van der Waals surface area contributed by atoms with Gasteiger partial charge in [0.05, 0.1) is 12.2 Å². The molecule has 66 valence electrons. The highest BCUT2D eigenvalue weighted by molar-refractivity contribution is 5.98. The fourth-order valence-corrected chi connectivity index (χ4v) is 0.836. The van der Waals surface area contributed by atoms with E-state index in [0.717, 1.165) is 0 Å². The Bertz CT molecular complexity index is 328. The smallest absolute Gasteiger partial charge is 0.200 e. The van der Waals surface area contributed by atoms with E-state index in [1.807, 2.05) is 0 Å². The van der Waals surface area contributed by atoms with Gasteiger partial charge in [-0.2, -0.15) is 0 Å². The molecule has 4 nitrogen and oxygen atoms in total. The summed E-state index contributed by atoms with van der Waals surface area (Å²) in [6.07, 6.45) is 9.55. The normalized spacial score (nSPS) is 11.7. The lowest BCUT2D eigenvalue weighted by Gasteiger charge is -2.04. The molecule has 0 amide bonds. The first-order valence-corrected chi connectivity index (χ1v) is 3.75. The van der Waals surface area contributed by atoms with Crippen molar-refractivity contribution in [3.8, 4) is 12.3 Å². The highest BCUT2D eigenvalue weighted by atomic mass is 16.1. The maximum atomic E-state index is 11.4. The van der Waals surface area contributed by atoms with E-state index >= 15 is 0 Å². The van der Waals surface area contributed by atoms with Crippen LogP contribution >= 0.6 is 0 Å². The highest BCUT2D eigenvalue weighted by Crippen LogP contribution is 1.98. The second-order valence-corrected chi connectivity index (χ2v) is 2.47. The number of aromatic nitrogens is 2. The number of Topliss-reactive ketones (excluding diaryl/α,β-unsaturated/α-hetero) is 1. The van der Waals surface area contributed by atoms with Crippen LogP contribution in [0.25, 0.3) is 0 Å². The van der Waals surface area contributed by atoms with Crippen molar-refractivity contribution in [1.82, 2.24) is 9.97 Å². The molecular formula is C9H9N3O. The van der Waals surface area contributed by atoms with Crippen LogP contribution in [0.2, 0.25) is 0 Å². The summed E-state index contributed by atoms with van der Waals surface area (Å²) in [4.78, 5) is 19.0. The van der Waals surface area contributed by atoms with Crippen molar-refractivity contribution in [2.45, 2.75) is 12.5 Å². The molecule has 4 heteroatoms. The molecule has 1 rings (SSSR count). The predicted octanol–water partition coefficient (Wildman–Crippen LogP) is 0.00990. The van der Waals surface area contributed by atoms with E-state index in [9.17, 15) is 4.79 Å². The summed E-state index contributed by atoms with van der Waals surface area (Å²) in [5, 5.41) is 0. The van der Waals surface area contributed by atoms with Crippen LogP contribution in [0.3, 0.4) is 0 Å². The Kier molecular flexibility index (Phi) is 3.12. The van der Waals surface area contributed by atoms with Gasteiger partial charge in [0, 0.05) is 18.8 Å². The quantitative estimate of drug-likeness (QED) is 0.519. The van der Waals surface area contributed by atoms with Crippen LogP contribution in [-0.4, -0.2) is 21.8 Å². The fourth-order valence-electron chi connectivity index (χ4n) is 0.836. The highest BCUT2D eigenvalue weighted by Gasteiger charge is 2.15. The van der Waals surface area contributed by atoms with Crippen molar-refractivity contribution in [3.05, 3.63) is 24.3 Å². The van der Waals surface area contributed by atoms with Gasteiger partial charge in [-0.25, -0.2) is 4.98 Å². The van der Waals surface area contributed by atoms with E-state index in [-0.39, 0.29) is 17.9 Å². The molecule has 1 unspecified atom stereocenters. The summed E-state index contributed by atoms with van der Waals surface area (Å²) < 4.78 is 0. The average Bonchev–Trinajstić information content (AvgIpc) is 2.18. The van der Waals surface area contributed by atoms with Crippen LogP contribution in [0, 0.1) is 12.3 Å². The SMILES string of the molecule is C#CCC(N)C(=O)c1cnccn1. The monoisotopic (exact) mass is 175 g/mol. The summed E-state index contributed by atoms with van der Waals surface area (Å²) in [7, 11) is 0. The molecule has 0 aromatic carbocycles. The Hall–Kier alpha value is -1.73. The van der Waals surface area contributed by atoms with Gasteiger partial charge in [-0.3, -0.25) is 9.78 Å². The van der Waals surface area contributed by atoms with Gasteiger partial charge in [0.2, 0.25) is 0 Å². The van der Waals surface area contributed by atoms with Crippen molar-refractivity contribution in [2.75, 3.05) is 0 Å². The molecule has 1 atom stereocenters. The number of carbonyl (C=O) groups excluding carboxylic acids is 1. The molecule has 0 fully saturated rings. The van der Waals surface area contributed by atoms with Crippen LogP contribution in [0.1, 0.15) is 16.9 Å². The molecule has 0 bridgehead atoms. The molecule has 0 saturated carbocycles. The number of nitrogens with two attached hydrogens (primary N) is 1. The van der Waals surface area contributed by atoms with Gasteiger partial charge in [-0.05, 0) is 0 Å². The third-order valence-electron chi connectivity index (χ3n) is 1.49. The number of hydrogen-bond acceptors (Lipinski definition) is 4. The maximum absolute atomic E-state index is 11.4. The van der Waals surface area contributed by atoms with Crippen LogP contribution in [-0.2, 0) is 0 Å². The van der Waals surface area contributed by atoms with Gasteiger partial charge in [0.25, 0.3) is 0 Å². The number of hydrogen-bond donors (Lipinski definition) is 1. The van der Waals surface area contributed by atoms with Crippen molar-refractivity contribution >= 4 is 5.78 Å². The second kappa shape index (κ2) is 4.33. The van der Waals surface area contributed by atoms with Crippen molar-refractivity contribution in [2.24, 2.45) is 5.73 Å². The van der Waals surface area contributed by atoms with Gasteiger partial charge in [-0.15, -0.1) is 12.3 Å². The molecular weight excluding hydrogens is 166 g/mol. The lowest BCUT2D eigenvalue weighted by atomic mass is 10.1. The summed E-state index contributed by atoms with van der Waals surface area (Å²) in [6, 6.07) is -0.679. The standard InChI is InChI=1S/C9H9N3O/c1-2-3-7(10)9(13)8-6-11-4-5-12-8/h1,4-7H,3,10H2. The van der Waals surface area contributed by atoms with E-state index in [1.165, 1.54) is 18.6 Å². The molecule has 13 heavy (non-hydrogen) atoms. The molecule has 0 spiro atoms. The zero-order valence-corrected chi connectivity index (χ0v) is 6.97. The largest absolute Gasteiger partial charge is 0.320 e. The van der Waals surface area contributed by atoms with Crippen molar-refractivity contribution in [1.29, 1.82) is 0 Å². The minimum absolute atomic E-state index is 0.218. The molecule has 1 heterocycles. The molecule has 0 aliphatic heterocycles. The topological polar surface area (TPSA) is 68.9 Å². The van der Waals surface area contributed by atoms with Crippen LogP contribution in [0.5, 0.6) is 0 Å². The summed E-state index contributed by atoms with van der Waals surface area (Å²) >= 11 is 0. The third kappa shape index (κ3) is 2.36. The van der Waals surface area contributed by atoms with Gasteiger partial charge in [0.15, 0.2) is 5.78 Å². The third-order valence-corrected chi connectivity index (χ3v) is 1.49. The van der Waals surface area contributed by atoms with E-state index in [4.69, 9.17) is 12.2 Å². The first kappa shape index (κ1) is 9.36. The average molecular weight is 175 g/mol. The van der Waals surface area contributed by atoms with Gasteiger partial charge in [-0.1, -0.05) is 0 Å². The van der Waals surface area contributed by atoms with Gasteiger partial charge in [0.1, 0.15) is 5.69 Å². The summed E-state index contributed by atoms with van der Waals surface area (Å²) in [5.41, 5.74) is 5.75. The summed E-state index contributed by atoms with van der Waals surface area (Å²) in [5.74, 6) is 2.05. The minimum atomic E-state index is -0.679. The first-order valence-electron chi connectivity index (χ1n) is 3.75. The number of nitrogens with zero attached hydrogens (tertiary/aromatic N) is 2. The second-order valence-electron chi connectivity index (χ2n) is 2.47. The first-order chi connectivity index (χ1) is 6.25. The molecule has 2 N–H and O–H groups in total. The lowest BCUT2D eigenvalue weighted by Crippen LogP contribution is -2.30. The van der Waals surface area contributed by atoms with E-state index in [1.54, 1.807) is 0 Å². The molecule has 0 aliphatic carbocycles. The Morgan fingerprint density at radius 3 is 3.00 bits per heavy atom. The molecule has 1 aromatic rings. The lowest BCUT2D eigenvalue weighted by molar-refractivity contribution is 0.0957. The number of rotatable bonds is 3. The maximum Gasteiger partial charge on any atom is 0.200 e. The minimum Gasteiger partial charge on any atom is -0.320 e. The Morgan fingerprint density at radius 1 is 1.69 bits per heavy atom. The van der Waals surface area contributed by atoms with E-state index < -0.39 is 6.04 Å². The zero-order valence-electron chi connectivity index (χ0n) is 6.97. The molecule has 0 saturated heterocycles. The Labute approximate surface area is 76.2 Å². The van der Waals surface area contributed by atoms with Gasteiger partial charge >= 0.3 is 0 Å². The van der Waals surface area contributed by atoms with Crippen LogP contribution < -0.4 is 5.73 Å². The van der Waals surface area contributed by atoms with E-state index in [0.29, 0.717) is 0 Å². The summed E-state index contributed by atoms with van der Waals surface area (Å²) in [6.45, 7) is 0. The fraction of sp³-hybridized carbons (Fsp3) is 0.222. The van der Waals surface area contributed by atoms with Crippen LogP contribution in [0.15, 0.2) is 18.6 Å². The predicted molar refractivity (Wildman–Crippen MR) is 47.8 cm³/mol. The molecule has 0 aliphatic rings. The van der Waals surface area contributed by atoms with E-state index in [2.05, 4.69) is 15.9 Å². The van der Waals surface area contributed by atoms with Crippen molar-refractivity contribution in [3.63, 3.8) is 0 Å². The zero-order chi connectivity index (χ0) is 9.68. The Morgan fingerprint density at radius 2 is 2.46 bits per heavy atom.